The van der Waals surface area contributed by atoms with E-state index in [2.05, 4.69) is 15.3 Å². The number of nitrogens with zero attached hydrogens (tertiary/aromatic N) is 3. The topological polar surface area (TPSA) is 59.4 Å². The van der Waals surface area contributed by atoms with Gasteiger partial charge < -0.3 is 10.1 Å². The van der Waals surface area contributed by atoms with Crippen LogP contribution in [0, 0.1) is 0 Å². The molecular formula is C23H26N4O2. The number of benzene rings is 2. The molecule has 1 atom stereocenters. The van der Waals surface area contributed by atoms with E-state index < -0.39 is 0 Å². The number of nitrogens with one attached hydrogen (secondary N) is 1. The van der Waals surface area contributed by atoms with Crippen LogP contribution >= 0.6 is 0 Å². The lowest BCUT2D eigenvalue weighted by Gasteiger charge is -2.23. The number of carbonyl (C=O) groups is 1. The Labute approximate surface area is 171 Å². The predicted octanol–water partition coefficient (Wildman–Crippen LogP) is 3.70. The van der Waals surface area contributed by atoms with E-state index in [1.165, 1.54) is 0 Å². The predicted molar refractivity (Wildman–Crippen MR) is 114 cm³/mol. The highest BCUT2D eigenvalue weighted by Crippen LogP contribution is 2.26. The molecule has 0 radical (unpaired) electrons. The molecule has 2 aromatic carbocycles. The Morgan fingerprint density at radius 3 is 2.76 bits per heavy atom. The number of rotatable bonds is 6. The van der Waals surface area contributed by atoms with Crippen LogP contribution in [-0.2, 0) is 18.4 Å². The highest BCUT2D eigenvalue weighted by Gasteiger charge is 2.30. The summed E-state index contributed by atoms with van der Waals surface area (Å²) in [5.74, 6) is 0.885. The van der Waals surface area contributed by atoms with Crippen LogP contribution in [0.3, 0.4) is 0 Å². The smallest absolute Gasteiger partial charge is 0.241 e. The number of hydrogen-bond donors (Lipinski definition) is 1. The molecule has 6 nitrogen and oxygen atoms in total. The highest BCUT2D eigenvalue weighted by atomic mass is 16.5. The van der Waals surface area contributed by atoms with Crippen molar-refractivity contribution in [3.63, 3.8) is 0 Å². The largest absolute Gasteiger partial charge is 0.497 e. The Kier molecular flexibility index (Phi) is 5.62. The third-order valence-corrected chi connectivity index (χ3v) is 5.37. The molecule has 0 saturated carbocycles. The van der Waals surface area contributed by atoms with Gasteiger partial charge in [-0.25, -0.2) is 0 Å². The number of aryl methyl sites for hydroxylation is 1. The number of amides is 1. The summed E-state index contributed by atoms with van der Waals surface area (Å²) < 4.78 is 7.09. The first kappa shape index (κ1) is 19.2. The Balaban J connectivity index is 1.41. The van der Waals surface area contributed by atoms with Gasteiger partial charge in [0.25, 0.3) is 0 Å². The van der Waals surface area contributed by atoms with E-state index >= 15 is 0 Å². The van der Waals surface area contributed by atoms with Crippen molar-refractivity contribution >= 4 is 11.6 Å². The maximum atomic E-state index is 12.9. The fraction of sp³-hybridized carbons (Fsp3) is 0.304. The molecule has 1 saturated heterocycles. The van der Waals surface area contributed by atoms with Gasteiger partial charge in [0, 0.05) is 31.0 Å². The van der Waals surface area contributed by atoms with Gasteiger partial charge in [0.2, 0.25) is 5.91 Å². The van der Waals surface area contributed by atoms with Crippen molar-refractivity contribution in [3.8, 4) is 16.9 Å². The van der Waals surface area contributed by atoms with Crippen molar-refractivity contribution in [3.05, 3.63) is 66.5 Å². The fourth-order valence-electron chi connectivity index (χ4n) is 3.87. The number of likely N-dealkylation sites (tertiary alicyclic amines) is 1. The average molecular weight is 390 g/mol. The van der Waals surface area contributed by atoms with Gasteiger partial charge in [0.15, 0.2) is 0 Å². The number of hydrogen-bond acceptors (Lipinski definition) is 4. The standard InChI is InChI=1S/C23H26N4O2/c1-26-15-17(14-24-26)16-27-12-4-7-22(27)23(28)25-20-10-8-18(9-11-20)19-5-3-6-21(13-19)29-2/h3,5-6,8-11,13-15,22H,4,7,12,16H2,1-2H3,(H,25,28). The van der Waals surface area contributed by atoms with E-state index in [9.17, 15) is 4.79 Å². The van der Waals surface area contributed by atoms with Gasteiger partial charge in [0.05, 0.1) is 19.3 Å². The van der Waals surface area contributed by atoms with Gasteiger partial charge in [-0.1, -0.05) is 24.3 Å². The fourth-order valence-corrected chi connectivity index (χ4v) is 3.87. The molecule has 6 heteroatoms. The van der Waals surface area contributed by atoms with E-state index in [-0.39, 0.29) is 11.9 Å². The zero-order chi connectivity index (χ0) is 20.2. The van der Waals surface area contributed by atoms with Crippen molar-refractivity contribution in [2.75, 3.05) is 19.0 Å². The third-order valence-electron chi connectivity index (χ3n) is 5.37. The Bertz CT molecular complexity index is 981. The van der Waals surface area contributed by atoms with Crippen LogP contribution in [0.5, 0.6) is 5.75 Å². The summed E-state index contributed by atoms with van der Waals surface area (Å²) in [4.78, 5) is 15.1. The average Bonchev–Trinajstić information content (AvgIpc) is 3.37. The van der Waals surface area contributed by atoms with Crippen LogP contribution in [0.1, 0.15) is 18.4 Å². The van der Waals surface area contributed by atoms with Gasteiger partial charge in [-0.2, -0.15) is 5.10 Å². The summed E-state index contributed by atoms with van der Waals surface area (Å²) in [7, 11) is 3.57. The molecule has 4 rings (SSSR count). The van der Waals surface area contributed by atoms with Crippen LogP contribution in [-0.4, -0.2) is 40.3 Å². The Morgan fingerprint density at radius 1 is 1.21 bits per heavy atom. The number of methoxy groups -OCH3 is 1. The highest BCUT2D eigenvalue weighted by molar-refractivity contribution is 5.95. The molecule has 0 spiro atoms. The summed E-state index contributed by atoms with van der Waals surface area (Å²) >= 11 is 0. The normalized spacial score (nSPS) is 16.7. The minimum atomic E-state index is -0.103. The molecule has 0 bridgehead atoms. The number of carbonyl (C=O) groups excluding carboxylic acids is 1. The molecule has 3 aromatic rings. The quantitative estimate of drug-likeness (QED) is 0.697. The van der Waals surface area contributed by atoms with Crippen molar-refractivity contribution in [1.29, 1.82) is 0 Å². The first-order valence-corrected chi connectivity index (χ1v) is 9.89. The van der Waals surface area contributed by atoms with Crippen LogP contribution in [0.25, 0.3) is 11.1 Å². The molecule has 1 amide bonds. The zero-order valence-corrected chi connectivity index (χ0v) is 16.8. The third kappa shape index (κ3) is 4.49. The molecule has 1 unspecified atom stereocenters. The van der Waals surface area contributed by atoms with E-state index in [1.54, 1.807) is 11.8 Å². The molecule has 1 aliphatic heterocycles. The lowest BCUT2D eigenvalue weighted by Crippen LogP contribution is -2.39. The summed E-state index contributed by atoms with van der Waals surface area (Å²) in [5, 5.41) is 7.30. The number of aromatic nitrogens is 2. The van der Waals surface area contributed by atoms with Gasteiger partial charge in [-0.15, -0.1) is 0 Å². The van der Waals surface area contributed by atoms with Crippen LogP contribution < -0.4 is 10.1 Å². The van der Waals surface area contributed by atoms with Crippen LogP contribution in [0.15, 0.2) is 60.9 Å². The molecule has 1 aromatic heterocycles. The minimum Gasteiger partial charge on any atom is -0.497 e. The first-order chi connectivity index (χ1) is 14.1. The molecule has 150 valence electrons. The second kappa shape index (κ2) is 8.49. The SMILES string of the molecule is COc1cccc(-c2ccc(NC(=O)C3CCCN3Cc3cnn(C)c3)cc2)c1. The molecular weight excluding hydrogens is 364 g/mol. The maximum absolute atomic E-state index is 12.9. The van der Waals surface area contributed by atoms with Gasteiger partial charge in [-0.3, -0.25) is 14.4 Å². The Morgan fingerprint density at radius 2 is 2.03 bits per heavy atom. The molecule has 0 aliphatic carbocycles. The number of anilines is 1. The summed E-state index contributed by atoms with van der Waals surface area (Å²) in [6.45, 7) is 1.68. The molecule has 29 heavy (non-hydrogen) atoms. The molecule has 1 N–H and O–H groups in total. The first-order valence-electron chi connectivity index (χ1n) is 9.89. The summed E-state index contributed by atoms with van der Waals surface area (Å²) in [6.07, 6.45) is 5.79. The summed E-state index contributed by atoms with van der Waals surface area (Å²) in [5.41, 5.74) is 4.12. The second-order valence-corrected chi connectivity index (χ2v) is 7.45. The molecule has 2 heterocycles. The van der Waals surface area contributed by atoms with Gasteiger partial charge in [-0.05, 0) is 54.8 Å². The Hall–Kier alpha value is -3.12. The van der Waals surface area contributed by atoms with Crippen LogP contribution in [0.2, 0.25) is 0 Å². The van der Waals surface area contributed by atoms with Crippen molar-refractivity contribution in [2.45, 2.75) is 25.4 Å². The van der Waals surface area contributed by atoms with Crippen LogP contribution in [0.4, 0.5) is 5.69 Å². The van der Waals surface area contributed by atoms with E-state index in [0.29, 0.717) is 0 Å². The maximum Gasteiger partial charge on any atom is 0.241 e. The van der Waals surface area contributed by atoms with E-state index in [1.807, 2.05) is 68.0 Å². The van der Waals surface area contributed by atoms with E-state index in [4.69, 9.17) is 4.74 Å². The van der Waals surface area contributed by atoms with Gasteiger partial charge >= 0.3 is 0 Å². The monoisotopic (exact) mass is 390 g/mol. The van der Waals surface area contributed by atoms with E-state index in [0.717, 1.165) is 54.1 Å². The number of ether oxygens (including phenoxy) is 1. The lowest BCUT2D eigenvalue weighted by molar-refractivity contribution is -0.120. The molecule has 1 fully saturated rings. The minimum absolute atomic E-state index is 0.0560. The van der Waals surface area contributed by atoms with Gasteiger partial charge in [0.1, 0.15) is 5.75 Å². The van der Waals surface area contributed by atoms with Crippen molar-refractivity contribution in [1.82, 2.24) is 14.7 Å². The molecule has 1 aliphatic rings. The lowest BCUT2D eigenvalue weighted by atomic mass is 10.0. The van der Waals surface area contributed by atoms with Crippen molar-refractivity contribution < 1.29 is 9.53 Å². The zero-order valence-electron chi connectivity index (χ0n) is 16.8. The summed E-state index contributed by atoms with van der Waals surface area (Å²) in [6, 6.07) is 15.8. The van der Waals surface area contributed by atoms with Crippen molar-refractivity contribution in [2.24, 2.45) is 7.05 Å². The second-order valence-electron chi connectivity index (χ2n) is 7.45.